The SMILES string of the molecule is CN(c1nccn(C2CC2)c1=O)C1CN(c2ccc(C3CC3)nn2)C1. The van der Waals surface area contributed by atoms with Crippen molar-refractivity contribution in [3.63, 3.8) is 0 Å². The van der Waals surface area contributed by atoms with E-state index in [0.29, 0.717) is 17.8 Å². The lowest BCUT2D eigenvalue weighted by Crippen LogP contribution is -2.60. The Morgan fingerprint density at radius 2 is 1.92 bits per heavy atom. The van der Waals surface area contributed by atoms with Crippen LogP contribution >= 0.6 is 0 Å². The van der Waals surface area contributed by atoms with E-state index in [0.717, 1.165) is 37.4 Å². The average molecular weight is 338 g/mol. The monoisotopic (exact) mass is 338 g/mol. The molecule has 3 heterocycles. The molecule has 0 aromatic carbocycles. The van der Waals surface area contributed by atoms with Crippen LogP contribution in [0.3, 0.4) is 0 Å². The van der Waals surface area contributed by atoms with E-state index in [9.17, 15) is 4.79 Å². The van der Waals surface area contributed by atoms with Gasteiger partial charge in [-0.2, -0.15) is 5.10 Å². The summed E-state index contributed by atoms with van der Waals surface area (Å²) in [5.41, 5.74) is 1.14. The molecule has 0 unspecified atom stereocenters. The molecule has 7 nitrogen and oxygen atoms in total. The first kappa shape index (κ1) is 14.9. The van der Waals surface area contributed by atoms with Gasteiger partial charge in [0.2, 0.25) is 0 Å². The van der Waals surface area contributed by atoms with Crippen molar-refractivity contribution in [2.24, 2.45) is 0 Å². The van der Waals surface area contributed by atoms with Gasteiger partial charge in [0.25, 0.3) is 5.56 Å². The molecule has 0 spiro atoms. The van der Waals surface area contributed by atoms with Gasteiger partial charge in [-0.15, -0.1) is 5.10 Å². The zero-order valence-electron chi connectivity index (χ0n) is 14.4. The summed E-state index contributed by atoms with van der Waals surface area (Å²) in [5, 5.41) is 8.72. The quantitative estimate of drug-likeness (QED) is 0.824. The van der Waals surface area contributed by atoms with Crippen molar-refractivity contribution < 1.29 is 0 Å². The van der Waals surface area contributed by atoms with Gasteiger partial charge < -0.3 is 14.4 Å². The zero-order chi connectivity index (χ0) is 17.0. The minimum Gasteiger partial charge on any atom is -0.351 e. The summed E-state index contributed by atoms with van der Waals surface area (Å²) in [6.45, 7) is 1.68. The summed E-state index contributed by atoms with van der Waals surface area (Å²) in [6, 6.07) is 4.82. The highest BCUT2D eigenvalue weighted by Gasteiger charge is 2.34. The van der Waals surface area contributed by atoms with Crippen molar-refractivity contribution in [2.45, 2.75) is 43.7 Å². The Hall–Kier alpha value is -2.44. The van der Waals surface area contributed by atoms with Gasteiger partial charge in [-0.1, -0.05) is 0 Å². The molecule has 0 atom stereocenters. The lowest BCUT2D eigenvalue weighted by molar-refractivity contribution is 0.484. The Morgan fingerprint density at radius 1 is 1.12 bits per heavy atom. The van der Waals surface area contributed by atoms with Crippen molar-refractivity contribution in [3.05, 3.63) is 40.6 Å². The molecule has 0 amide bonds. The maximum atomic E-state index is 12.6. The van der Waals surface area contributed by atoms with Crippen LogP contribution in [-0.2, 0) is 0 Å². The third-order valence-corrected chi connectivity index (χ3v) is 5.52. The summed E-state index contributed by atoms with van der Waals surface area (Å²) in [7, 11) is 1.96. The van der Waals surface area contributed by atoms with Crippen molar-refractivity contribution >= 4 is 11.6 Å². The summed E-state index contributed by atoms with van der Waals surface area (Å²) in [6.07, 6.45) is 8.23. The minimum atomic E-state index is 0.0273. The van der Waals surface area contributed by atoms with E-state index in [1.807, 2.05) is 16.5 Å². The molecule has 0 bridgehead atoms. The third kappa shape index (κ3) is 2.67. The lowest BCUT2D eigenvalue weighted by atomic mass is 10.1. The van der Waals surface area contributed by atoms with Gasteiger partial charge in [0.15, 0.2) is 11.6 Å². The average Bonchev–Trinajstić information content (AvgIpc) is 3.47. The molecule has 25 heavy (non-hydrogen) atoms. The van der Waals surface area contributed by atoms with E-state index in [-0.39, 0.29) is 11.6 Å². The first-order valence-corrected chi connectivity index (χ1v) is 9.09. The van der Waals surface area contributed by atoms with Crippen molar-refractivity contribution in [2.75, 3.05) is 29.9 Å². The molecule has 1 aliphatic heterocycles. The highest BCUT2D eigenvalue weighted by atomic mass is 16.1. The van der Waals surface area contributed by atoms with Crippen LogP contribution in [0.2, 0.25) is 0 Å². The highest BCUT2D eigenvalue weighted by Crippen LogP contribution is 2.39. The van der Waals surface area contributed by atoms with Gasteiger partial charge in [0.05, 0.1) is 11.7 Å². The summed E-state index contributed by atoms with van der Waals surface area (Å²) < 4.78 is 1.83. The second-order valence-corrected chi connectivity index (χ2v) is 7.45. The zero-order valence-corrected chi connectivity index (χ0v) is 14.4. The molecule has 2 aliphatic carbocycles. The number of rotatable bonds is 5. The topological polar surface area (TPSA) is 67.2 Å². The van der Waals surface area contributed by atoms with Crippen LogP contribution in [0, 0.1) is 0 Å². The Kier molecular flexibility index (Phi) is 3.29. The van der Waals surface area contributed by atoms with Crippen LogP contribution in [0.15, 0.2) is 29.3 Å². The van der Waals surface area contributed by atoms with Gasteiger partial charge in [0, 0.05) is 44.5 Å². The fourth-order valence-electron chi connectivity index (χ4n) is 3.46. The smallest absolute Gasteiger partial charge is 0.293 e. The van der Waals surface area contributed by atoms with Gasteiger partial charge in [-0.05, 0) is 37.8 Å². The lowest BCUT2D eigenvalue weighted by Gasteiger charge is -2.44. The van der Waals surface area contributed by atoms with Crippen LogP contribution in [0.1, 0.15) is 43.3 Å². The molecule has 3 aliphatic rings. The predicted octanol–water partition coefficient (Wildman–Crippen LogP) is 1.57. The minimum absolute atomic E-state index is 0.0273. The molecule has 0 N–H and O–H groups in total. The third-order valence-electron chi connectivity index (χ3n) is 5.52. The van der Waals surface area contributed by atoms with E-state index in [2.05, 4.69) is 32.2 Å². The van der Waals surface area contributed by atoms with E-state index in [1.54, 1.807) is 12.4 Å². The molecule has 130 valence electrons. The summed E-state index contributed by atoms with van der Waals surface area (Å²) in [5.74, 6) is 2.11. The van der Waals surface area contributed by atoms with Crippen molar-refractivity contribution in [3.8, 4) is 0 Å². The van der Waals surface area contributed by atoms with Crippen LogP contribution in [0.25, 0.3) is 0 Å². The first-order chi connectivity index (χ1) is 12.2. The standard InChI is InChI=1S/C18H22N6O/c1-22(17-18(25)24(9-8-19-17)13-4-5-13)14-10-23(11-14)16-7-6-15(20-21-16)12-2-3-12/h6-9,12-14H,2-5,10-11H2,1H3. The number of hydrogen-bond donors (Lipinski definition) is 0. The van der Waals surface area contributed by atoms with Crippen LogP contribution < -0.4 is 15.4 Å². The van der Waals surface area contributed by atoms with E-state index in [4.69, 9.17) is 0 Å². The first-order valence-electron chi connectivity index (χ1n) is 9.09. The number of likely N-dealkylation sites (N-methyl/N-ethyl adjacent to an activating group) is 1. The van der Waals surface area contributed by atoms with Gasteiger partial charge >= 0.3 is 0 Å². The van der Waals surface area contributed by atoms with Gasteiger partial charge in [0.1, 0.15) is 0 Å². The molecule has 5 rings (SSSR count). The summed E-state index contributed by atoms with van der Waals surface area (Å²) >= 11 is 0. The number of aromatic nitrogens is 4. The molecule has 1 saturated heterocycles. The molecular weight excluding hydrogens is 316 g/mol. The fourth-order valence-corrected chi connectivity index (χ4v) is 3.46. The number of anilines is 2. The molecular formula is C18H22N6O. The van der Waals surface area contributed by atoms with Crippen LogP contribution in [0.5, 0.6) is 0 Å². The fraction of sp³-hybridized carbons (Fsp3) is 0.556. The molecule has 2 aromatic heterocycles. The Labute approximate surface area is 146 Å². The largest absolute Gasteiger partial charge is 0.351 e. The molecule has 0 radical (unpaired) electrons. The second kappa shape index (κ2) is 5.54. The van der Waals surface area contributed by atoms with Gasteiger partial charge in [-0.3, -0.25) is 4.79 Å². The van der Waals surface area contributed by atoms with Crippen LogP contribution in [0.4, 0.5) is 11.6 Å². The molecule has 2 aromatic rings. The van der Waals surface area contributed by atoms with Gasteiger partial charge in [-0.25, -0.2) is 4.98 Å². The van der Waals surface area contributed by atoms with E-state index >= 15 is 0 Å². The molecule has 7 heteroatoms. The maximum absolute atomic E-state index is 12.6. The van der Waals surface area contributed by atoms with Crippen LogP contribution in [-0.4, -0.2) is 45.9 Å². The summed E-state index contributed by atoms with van der Waals surface area (Å²) in [4.78, 5) is 21.2. The number of nitrogens with zero attached hydrogens (tertiary/aromatic N) is 6. The number of hydrogen-bond acceptors (Lipinski definition) is 6. The van der Waals surface area contributed by atoms with E-state index < -0.39 is 0 Å². The Balaban J connectivity index is 1.27. The Bertz CT molecular complexity index is 833. The molecule has 3 fully saturated rings. The highest BCUT2D eigenvalue weighted by molar-refractivity contribution is 5.47. The maximum Gasteiger partial charge on any atom is 0.293 e. The predicted molar refractivity (Wildman–Crippen MR) is 95.2 cm³/mol. The van der Waals surface area contributed by atoms with Crippen molar-refractivity contribution in [1.82, 2.24) is 19.7 Å². The second-order valence-electron chi connectivity index (χ2n) is 7.45. The Morgan fingerprint density at radius 3 is 2.56 bits per heavy atom. The van der Waals surface area contributed by atoms with E-state index in [1.165, 1.54) is 12.8 Å². The van der Waals surface area contributed by atoms with Crippen molar-refractivity contribution in [1.29, 1.82) is 0 Å². The molecule has 2 saturated carbocycles. The normalized spacial score (nSPS) is 20.4.